The van der Waals surface area contributed by atoms with Gasteiger partial charge in [-0.15, -0.1) is 21.5 Å². The van der Waals surface area contributed by atoms with Crippen molar-refractivity contribution in [3.63, 3.8) is 0 Å². The minimum Gasteiger partial charge on any atom is -0.320 e. The fourth-order valence-electron chi connectivity index (χ4n) is 2.00. The number of benzene rings is 1. The molecule has 4 heteroatoms. The molecule has 0 fully saturated rings. The minimum atomic E-state index is -0.0693. The molecule has 0 unspecified atom stereocenters. The molecule has 1 N–H and O–H groups in total. The highest BCUT2D eigenvalue weighted by atomic mass is 32.1. The first-order valence-electron chi connectivity index (χ1n) is 6.67. The van der Waals surface area contributed by atoms with Gasteiger partial charge in [-0.25, -0.2) is 0 Å². The van der Waals surface area contributed by atoms with Crippen LogP contribution in [0.3, 0.4) is 0 Å². The maximum absolute atomic E-state index is 4.39. The zero-order valence-corrected chi connectivity index (χ0v) is 12.6. The molecule has 1 heterocycles. The van der Waals surface area contributed by atoms with E-state index in [1.807, 2.05) is 13.1 Å². The summed E-state index contributed by atoms with van der Waals surface area (Å²) in [4.78, 5) is 0. The summed E-state index contributed by atoms with van der Waals surface area (Å²) in [6.07, 6.45) is 2.11. The van der Waals surface area contributed by atoms with E-state index in [9.17, 15) is 0 Å². The number of aromatic nitrogens is 2. The lowest BCUT2D eigenvalue weighted by Gasteiger charge is -2.21. The van der Waals surface area contributed by atoms with Gasteiger partial charge in [0.1, 0.15) is 10.0 Å². The lowest BCUT2D eigenvalue weighted by atomic mass is 9.85. The molecule has 19 heavy (non-hydrogen) atoms. The van der Waals surface area contributed by atoms with E-state index in [2.05, 4.69) is 53.6 Å². The molecule has 102 valence electrons. The van der Waals surface area contributed by atoms with Crippen molar-refractivity contribution < 1.29 is 0 Å². The summed E-state index contributed by atoms with van der Waals surface area (Å²) in [5.41, 5.74) is 1.22. The number of nitrogens with one attached hydrogen (secondary N) is 1. The van der Waals surface area contributed by atoms with Crippen LogP contribution in [0.25, 0.3) is 0 Å². The topological polar surface area (TPSA) is 37.8 Å². The van der Waals surface area contributed by atoms with Crippen LogP contribution in [-0.4, -0.2) is 23.8 Å². The third-order valence-corrected chi connectivity index (χ3v) is 4.62. The molecular formula is C15H21N3S. The number of nitrogens with zero attached hydrogens (tertiary/aromatic N) is 2. The second kappa shape index (κ2) is 6.26. The van der Waals surface area contributed by atoms with Gasteiger partial charge < -0.3 is 5.32 Å². The van der Waals surface area contributed by atoms with Gasteiger partial charge in [0.2, 0.25) is 0 Å². The van der Waals surface area contributed by atoms with Crippen molar-refractivity contribution in [1.82, 2.24) is 15.5 Å². The second-order valence-electron chi connectivity index (χ2n) is 5.20. The SMILES string of the molecule is CNCCCc1nnc(C(C)(C)c2ccccc2)s1. The maximum Gasteiger partial charge on any atom is 0.127 e. The normalized spacial score (nSPS) is 11.7. The van der Waals surface area contributed by atoms with Gasteiger partial charge in [0, 0.05) is 11.8 Å². The first-order chi connectivity index (χ1) is 9.14. The van der Waals surface area contributed by atoms with Gasteiger partial charge in [0.15, 0.2) is 0 Å². The van der Waals surface area contributed by atoms with E-state index in [0.29, 0.717) is 0 Å². The molecule has 1 aromatic heterocycles. The summed E-state index contributed by atoms with van der Waals surface area (Å²) in [7, 11) is 1.98. The summed E-state index contributed by atoms with van der Waals surface area (Å²) in [6.45, 7) is 5.44. The molecule has 0 bridgehead atoms. The van der Waals surface area contributed by atoms with E-state index in [0.717, 1.165) is 29.4 Å². The molecule has 0 saturated carbocycles. The van der Waals surface area contributed by atoms with Gasteiger partial charge in [-0.05, 0) is 39.4 Å². The molecule has 0 atom stereocenters. The van der Waals surface area contributed by atoms with Gasteiger partial charge in [0.25, 0.3) is 0 Å². The molecule has 2 aromatic rings. The van der Waals surface area contributed by atoms with Crippen LogP contribution in [0.4, 0.5) is 0 Å². The van der Waals surface area contributed by atoms with Crippen molar-refractivity contribution in [2.75, 3.05) is 13.6 Å². The molecule has 0 aliphatic rings. The van der Waals surface area contributed by atoms with Gasteiger partial charge in [-0.2, -0.15) is 0 Å². The summed E-state index contributed by atoms with van der Waals surface area (Å²) in [5.74, 6) is 0. The predicted octanol–water partition coefficient (Wildman–Crippen LogP) is 3.02. The molecular weight excluding hydrogens is 254 g/mol. The predicted molar refractivity (Wildman–Crippen MR) is 80.7 cm³/mol. The third kappa shape index (κ3) is 3.39. The zero-order chi connectivity index (χ0) is 13.7. The first kappa shape index (κ1) is 14.2. The number of hydrogen-bond acceptors (Lipinski definition) is 4. The number of rotatable bonds is 6. The van der Waals surface area contributed by atoms with Gasteiger partial charge in [0.05, 0.1) is 0 Å². The van der Waals surface area contributed by atoms with Crippen molar-refractivity contribution in [3.8, 4) is 0 Å². The standard InChI is InChI=1S/C15H21N3S/c1-15(2,12-8-5-4-6-9-12)14-18-17-13(19-14)10-7-11-16-3/h4-6,8-9,16H,7,10-11H2,1-3H3. The highest BCUT2D eigenvalue weighted by Gasteiger charge is 2.27. The molecule has 3 nitrogen and oxygen atoms in total. The van der Waals surface area contributed by atoms with Crippen molar-refractivity contribution >= 4 is 11.3 Å². The summed E-state index contributed by atoms with van der Waals surface area (Å²) in [5, 5.41) is 14.1. The summed E-state index contributed by atoms with van der Waals surface area (Å²) < 4.78 is 0. The van der Waals surface area contributed by atoms with Crippen LogP contribution in [0, 0.1) is 0 Å². The van der Waals surface area contributed by atoms with Crippen LogP contribution in [0.1, 0.15) is 35.8 Å². The highest BCUT2D eigenvalue weighted by molar-refractivity contribution is 7.11. The zero-order valence-electron chi connectivity index (χ0n) is 11.8. The fourth-order valence-corrected chi connectivity index (χ4v) is 3.01. The smallest absolute Gasteiger partial charge is 0.127 e. The van der Waals surface area contributed by atoms with Crippen LogP contribution in [0.5, 0.6) is 0 Å². The van der Waals surface area contributed by atoms with Crippen LogP contribution < -0.4 is 5.32 Å². The fraction of sp³-hybridized carbons (Fsp3) is 0.467. The van der Waals surface area contributed by atoms with Crippen molar-refractivity contribution in [3.05, 3.63) is 45.9 Å². The molecule has 0 aliphatic carbocycles. The molecule has 1 aromatic carbocycles. The van der Waals surface area contributed by atoms with Crippen LogP contribution >= 0.6 is 11.3 Å². The van der Waals surface area contributed by atoms with E-state index in [1.54, 1.807) is 11.3 Å². The van der Waals surface area contributed by atoms with E-state index in [4.69, 9.17) is 0 Å². The van der Waals surface area contributed by atoms with Crippen LogP contribution in [0.15, 0.2) is 30.3 Å². The van der Waals surface area contributed by atoms with Crippen molar-refractivity contribution in [1.29, 1.82) is 0 Å². The van der Waals surface area contributed by atoms with E-state index < -0.39 is 0 Å². The monoisotopic (exact) mass is 275 g/mol. The van der Waals surface area contributed by atoms with Crippen LogP contribution in [0.2, 0.25) is 0 Å². The molecule has 0 amide bonds. The van der Waals surface area contributed by atoms with Gasteiger partial charge >= 0.3 is 0 Å². The highest BCUT2D eigenvalue weighted by Crippen LogP contribution is 2.33. The van der Waals surface area contributed by atoms with Crippen LogP contribution in [-0.2, 0) is 11.8 Å². The second-order valence-corrected chi connectivity index (χ2v) is 6.26. The Morgan fingerprint density at radius 1 is 1.16 bits per heavy atom. The number of aryl methyl sites for hydroxylation is 1. The Morgan fingerprint density at radius 3 is 2.58 bits per heavy atom. The minimum absolute atomic E-state index is 0.0693. The van der Waals surface area contributed by atoms with Crippen molar-refractivity contribution in [2.45, 2.75) is 32.1 Å². The van der Waals surface area contributed by atoms with E-state index in [1.165, 1.54) is 5.56 Å². The Labute approximate surface area is 119 Å². The Balaban J connectivity index is 2.13. The first-order valence-corrected chi connectivity index (χ1v) is 7.49. The summed E-state index contributed by atoms with van der Waals surface area (Å²) in [6, 6.07) is 10.5. The lowest BCUT2D eigenvalue weighted by molar-refractivity contribution is 0.624. The molecule has 2 rings (SSSR count). The largest absolute Gasteiger partial charge is 0.320 e. The maximum atomic E-state index is 4.39. The lowest BCUT2D eigenvalue weighted by Crippen LogP contribution is -2.18. The Kier molecular flexibility index (Phi) is 4.66. The Morgan fingerprint density at radius 2 is 1.89 bits per heavy atom. The molecule has 0 radical (unpaired) electrons. The molecule has 0 spiro atoms. The Hall–Kier alpha value is -1.26. The summed E-state index contributed by atoms with van der Waals surface area (Å²) >= 11 is 1.74. The Bertz CT molecular complexity index is 505. The average molecular weight is 275 g/mol. The molecule has 0 aliphatic heterocycles. The number of hydrogen-bond donors (Lipinski definition) is 1. The molecule has 0 saturated heterocycles. The third-order valence-electron chi connectivity index (χ3n) is 3.31. The average Bonchev–Trinajstić information content (AvgIpc) is 2.90. The van der Waals surface area contributed by atoms with Gasteiger partial charge in [-0.3, -0.25) is 0 Å². The van der Waals surface area contributed by atoms with Crippen molar-refractivity contribution in [2.24, 2.45) is 0 Å². The van der Waals surface area contributed by atoms with E-state index in [-0.39, 0.29) is 5.41 Å². The van der Waals surface area contributed by atoms with Gasteiger partial charge in [-0.1, -0.05) is 30.3 Å². The van der Waals surface area contributed by atoms with E-state index >= 15 is 0 Å². The quantitative estimate of drug-likeness (QED) is 0.824.